The van der Waals surface area contributed by atoms with Crippen molar-refractivity contribution in [3.8, 4) is 5.75 Å². The summed E-state index contributed by atoms with van der Waals surface area (Å²) in [6, 6.07) is 4.35. The van der Waals surface area contributed by atoms with E-state index in [-0.39, 0.29) is 12.5 Å². The van der Waals surface area contributed by atoms with Crippen molar-refractivity contribution in [2.75, 3.05) is 19.8 Å². The lowest BCUT2D eigenvalue weighted by molar-refractivity contribution is 0.186. The molecule has 2 atom stereocenters. The van der Waals surface area contributed by atoms with E-state index in [1.807, 2.05) is 0 Å². The number of nitrogens with two attached hydrogens (primary N) is 1. The molecule has 0 radical (unpaired) electrons. The van der Waals surface area contributed by atoms with Gasteiger partial charge in [0.25, 0.3) is 0 Å². The predicted octanol–water partition coefficient (Wildman–Crippen LogP) is 2.84. The summed E-state index contributed by atoms with van der Waals surface area (Å²) in [6.45, 7) is 9.87. The zero-order valence-corrected chi connectivity index (χ0v) is 13.3. The van der Waals surface area contributed by atoms with Crippen molar-refractivity contribution < 1.29 is 9.84 Å². The third-order valence-corrected chi connectivity index (χ3v) is 3.83. The molecule has 0 aromatic heterocycles. The van der Waals surface area contributed by atoms with E-state index < -0.39 is 0 Å². The van der Waals surface area contributed by atoms with Crippen molar-refractivity contribution in [1.82, 2.24) is 0 Å². The summed E-state index contributed by atoms with van der Waals surface area (Å²) in [5, 5.41) is 9.38. The van der Waals surface area contributed by atoms with Crippen LogP contribution < -0.4 is 10.5 Å². The number of benzene rings is 1. The summed E-state index contributed by atoms with van der Waals surface area (Å²) < 4.78 is 5.93. The second-order valence-electron chi connectivity index (χ2n) is 5.78. The quantitative estimate of drug-likeness (QED) is 0.769. The van der Waals surface area contributed by atoms with Gasteiger partial charge in [-0.3, -0.25) is 0 Å². The van der Waals surface area contributed by atoms with E-state index in [1.54, 1.807) is 0 Å². The first-order chi connectivity index (χ1) is 9.53. The molecule has 1 rings (SSSR count). The highest BCUT2D eigenvalue weighted by molar-refractivity contribution is 5.44. The van der Waals surface area contributed by atoms with E-state index in [0.717, 1.165) is 25.2 Å². The molecule has 3 heteroatoms. The first kappa shape index (κ1) is 17.0. The molecule has 0 spiro atoms. The van der Waals surface area contributed by atoms with Gasteiger partial charge in [0.2, 0.25) is 0 Å². The molecule has 0 heterocycles. The average molecular weight is 279 g/mol. The minimum atomic E-state index is 0.146. The van der Waals surface area contributed by atoms with Gasteiger partial charge in [-0.2, -0.15) is 0 Å². The van der Waals surface area contributed by atoms with E-state index in [4.69, 9.17) is 10.5 Å². The maximum Gasteiger partial charge on any atom is 0.125 e. The second-order valence-corrected chi connectivity index (χ2v) is 5.78. The summed E-state index contributed by atoms with van der Waals surface area (Å²) in [6.07, 6.45) is 1.90. The molecule has 3 nitrogen and oxygen atoms in total. The third kappa shape index (κ3) is 4.50. The molecular weight excluding hydrogens is 250 g/mol. The van der Waals surface area contributed by atoms with Gasteiger partial charge in [-0.1, -0.05) is 31.5 Å². The summed E-state index contributed by atoms with van der Waals surface area (Å²) in [7, 11) is 0. The highest BCUT2D eigenvalue weighted by Crippen LogP contribution is 2.29. The Morgan fingerprint density at radius 3 is 2.55 bits per heavy atom. The van der Waals surface area contributed by atoms with Crippen LogP contribution in [-0.4, -0.2) is 24.9 Å². The summed E-state index contributed by atoms with van der Waals surface area (Å²) in [4.78, 5) is 0. The number of rotatable bonds is 8. The fourth-order valence-electron chi connectivity index (χ4n) is 2.60. The standard InChI is InChI=1S/C17H29NO2/c1-5-6-20-17-14(4)7-12(2)8-15(17)9-13(3)16(10-18)11-19/h7-8,13,16,19H,5-6,9-11,18H2,1-4H3. The molecule has 20 heavy (non-hydrogen) atoms. The Labute approximate surface area is 123 Å². The lowest BCUT2D eigenvalue weighted by Crippen LogP contribution is -2.26. The highest BCUT2D eigenvalue weighted by atomic mass is 16.5. The number of aliphatic hydroxyl groups is 1. The Kier molecular flexibility index (Phi) is 7.03. The van der Waals surface area contributed by atoms with Gasteiger partial charge in [0.1, 0.15) is 5.75 Å². The molecule has 1 aromatic rings. The minimum Gasteiger partial charge on any atom is -0.493 e. The van der Waals surface area contributed by atoms with E-state index >= 15 is 0 Å². The summed E-state index contributed by atoms with van der Waals surface area (Å²) in [5.41, 5.74) is 9.40. The van der Waals surface area contributed by atoms with Crippen molar-refractivity contribution in [2.45, 2.75) is 40.5 Å². The van der Waals surface area contributed by atoms with Crippen LogP contribution in [0.4, 0.5) is 0 Å². The molecule has 0 fully saturated rings. The predicted molar refractivity (Wildman–Crippen MR) is 84.2 cm³/mol. The fraction of sp³-hybridized carbons (Fsp3) is 0.647. The first-order valence-corrected chi connectivity index (χ1v) is 7.57. The average Bonchev–Trinajstić information content (AvgIpc) is 2.39. The fourth-order valence-corrected chi connectivity index (χ4v) is 2.60. The Hall–Kier alpha value is -1.06. The molecule has 0 aliphatic carbocycles. The van der Waals surface area contributed by atoms with Gasteiger partial charge in [-0.05, 0) is 56.2 Å². The van der Waals surface area contributed by atoms with Gasteiger partial charge in [0.15, 0.2) is 0 Å². The van der Waals surface area contributed by atoms with Gasteiger partial charge in [0, 0.05) is 6.61 Å². The molecule has 3 N–H and O–H groups in total. The van der Waals surface area contributed by atoms with Crippen molar-refractivity contribution in [2.24, 2.45) is 17.6 Å². The molecular formula is C17H29NO2. The lowest BCUT2D eigenvalue weighted by Gasteiger charge is -2.23. The Bertz CT molecular complexity index is 414. The number of ether oxygens (including phenoxy) is 1. The van der Waals surface area contributed by atoms with Gasteiger partial charge in [-0.25, -0.2) is 0 Å². The van der Waals surface area contributed by atoms with Crippen LogP contribution in [0.2, 0.25) is 0 Å². The Morgan fingerprint density at radius 2 is 2.00 bits per heavy atom. The molecule has 114 valence electrons. The SMILES string of the molecule is CCCOc1c(C)cc(C)cc1CC(C)C(CN)CO. The van der Waals surface area contributed by atoms with Crippen molar-refractivity contribution in [3.63, 3.8) is 0 Å². The monoisotopic (exact) mass is 279 g/mol. The van der Waals surface area contributed by atoms with Crippen LogP contribution in [0.3, 0.4) is 0 Å². The van der Waals surface area contributed by atoms with Crippen molar-refractivity contribution >= 4 is 0 Å². The maximum absolute atomic E-state index is 9.38. The highest BCUT2D eigenvalue weighted by Gasteiger charge is 2.18. The normalized spacial score (nSPS) is 14.1. The van der Waals surface area contributed by atoms with E-state index in [9.17, 15) is 5.11 Å². The maximum atomic E-state index is 9.38. The topological polar surface area (TPSA) is 55.5 Å². The van der Waals surface area contributed by atoms with E-state index in [1.165, 1.54) is 16.7 Å². The lowest BCUT2D eigenvalue weighted by atomic mass is 9.87. The number of hydrogen-bond acceptors (Lipinski definition) is 3. The van der Waals surface area contributed by atoms with Crippen LogP contribution in [-0.2, 0) is 6.42 Å². The zero-order valence-electron chi connectivity index (χ0n) is 13.3. The van der Waals surface area contributed by atoms with Gasteiger partial charge < -0.3 is 15.6 Å². The molecule has 0 aliphatic heterocycles. The number of aryl methyl sites for hydroxylation is 2. The van der Waals surface area contributed by atoms with Gasteiger partial charge in [0.05, 0.1) is 6.61 Å². The molecule has 0 bridgehead atoms. The van der Waals surface area contributed by atoms with Gasteiger partial charge >= 0.3 is 0 Å². The first-order valence-electron chi connectivity index (χ1n) is 7.57. The van der Waals surface area contributed by atoms with Crippen LogP contribution in [0, 0.1) is 25.7 Å². The number of aliphatic hydroxyl groups excluding tert-OH is 1. The van der Waals surface area contributed by atoms with E-state index in [2.05, 4.69) is 39.8 Å². The Morgan fingerprint density at radius 1 is 1.30 bits per heavy atom. The van der Waals surface area contributed by atoms with E-state index in [0.29, 0.717) is 12.5 Å². The molecule has 2 unspecified atom stereocenters. The number of hydrogen-bond donors (Lipinski definition) is 2. The van der Waals surface area contributed by atoms with Crippen LogP contribution >= 0.6 is 0 Å². The van der Waals surface area contributed by atoms with Crippen LogP contribution in [0.5, 0.6) is 5.75 Å². The molecule has 0 amide bonds. The molecule has 1 aromatic carbocycles. The Balaban J connectivity index is 2.96. The van der Waals surface area contributed by atoms with Crippen molar-refractivity contribution in [1.29, 1.82) is 0 Å². The van der Waals surface area contributed by atoms with Crippen LogP contribution in [0.15, 0.2) is 12.1 Å². The second kappa shape index (κ2) is 8.28. The third-order valence-electron chi connectivity index (χ3n) is 3.83. The minimum absolute atomic E-state index is 0.146. The molecule has 0 aliphatic rings. The van der Waals surface area contributed by atoms with Crippen LogP contribution in [0.1, 0.15) is 37.0 Å². The summed E-state index contributed by atoms with van der Waals surface area (Å²) >= 11 is 0. The van der Waals surface area contributed by atoms with Crippen molar-refractivity contribution in [3.05, 3.63) is 28.8 Å². The molecule has 0 saturated heterocycles. The zero-order chi connectivity index (χ0) is 15.1. The van der Waals surface area contributed by atoms with Crippen LogP contribution in [0.25, 0.3) is 0 Å². The largest absolute Gasteiger partial charge is 0.493 e. The summed E-state index contributed by atoms with van der Waals surface area (Å²) in [5.74, 6) is 1.50. The molecule has 0 saturated carbocycles. The smallest absolute Gasteiger partial charge is 0.125 e. The van der Waals surface area contributed by atoms with Gasteiger partial charge in [-0.15, -0.1) is 0 Å².